The molecule has 1 heteroatoms. The first-order valence-electron chi connectivity index (χ1n) is 5.10. The molecule has 0 N–H and O–H groups in total. The van der Waals surface area contributed by atoms with Crippen LogP contribution in [0.3, 0.4) is 0 Å². The third kappa shape index (κ3) is 3.82. The van der Waals surface area contributed by atoms with Gasteiger partial charge in [0.2, 0.25) is 0 Å². The van der Waals surface area contributed by atoms with E-state index in [-0.39, 0.29) is 44.0 Å². The summed E-state index contributed by atoms with van der Waals surface area (Å²) in [5.74, 6) is 0. The van der Waals surface area contributed by atoms with Crippen molar-refractivity contribution in [2.24, 2.45) is 0 Å². The molecule has 1 aliphatic rings. The van der Waals surface area contributed by atoms with Gasteiger partial charge in [-0.25, -0.2) is 0 Å². The van der Waals surface area contributed by atoms with Crippen LogP contribution in [-0.2, 0) is 41.0 Å². The number of hydrogen-bond donors (Lipinski definition) is 0. The van der Waals surface area contributed by atoms with E-state index in [0.717, 1.165) is 0 Å². The molecule has 0 aromatic heterocycles. The smallest absolute Gasteiger partial charge is 0.358 e. The van der Waals surface area contributed by atoms with Crippen molar-refractivity contribution in [3.05, 3.63) is 50.6 Å². The van der Waals surface area contributed by atoms with Crippen LogP contribution in [0, 0.1) is 29.2 Å². The summed E-state index contributed by atoms with van der Waals surface area (Å²) in [6.07, 6.45) is 6.70. The molecule has 0 aliphatic heterocycles. The van der Waals surface area contributed by atoms with Crippen LogP contribution < -0.4 is 0 Å². The molecular formula is C15H26Ti. The normalized spacial score (nSPS) is 12.1. The second-order valence-corrected chi connectivity index (χ2v) is 3.87. The maximum absolute atomic E-state index is 2.40. The fourth-order valence-corrected chi connectivity index (χ4v) is 2.45. The average Bonchev–Trinajstić information content (AvgIpc) is 2.44. The van der Waals surface area contributed by atoms with Gasteiger partial charge in [0.25, 0.3) is 0 Å². The molecule has 0 spiro atoms. The first-order valence-corrected chi connectivity index (χ1v) is 5.10. The van der Waals surface area contributed by atoms with Crippen LogP contribution in [-0.4, -0.2) is 0 Å². The van der Waals surface area contributed by atoms with E-state index in [4.69, 9.17) is 0 Å². The third-order valence-corrected chi connectivity index (χ3v) is 3.10. The average molecular weight is 254 g/mol. The Kier molecular flexibility index (Phi) is 12.2. The summed E-state index contributed by atoms with van der Waals surface area (Å²) < 4.78 is 0. The minimum Gasteiger partial charge on any atom is -0.358 e. The van der Waals surface area contributed by atoms with Gasteiger partial charge in [0.1, 0.15) is 0 Å². The second kappa shape index (κ2) is 9.13. The van der Waals surface area contributed by atoms with Crippen LogP contribution in [0.2, 0.25) is 0 Å². The first kappa shape index (κ1) is 21.4. The molecule has 90 valence electrons. The second-order valence-electron chi connectivity index (χ2n) is 3.87. The number of fused-ring (bicyclic) bond motifs is 1. The molecular weight excluding hydrogens is 228 g/mol. The van der Waals surface area contributed by atoms with Crippen molar-refractivity contribution in [1.82, 2.24) is 0 Å². The van der Waals surface area contributed by atoms with Gasteiger partial charge < -0.3 is 22.3 Å². The van der Waals surface area contributed by atoms with Gasteiger partial charge in [-0.1, -0.05) is 46.0 Å². The van der Waals surface area contributed by atoms with Crippen molar-refractivity contribution in [2.75, 3.05) is 0 Å². The summed E-state index contributed by atoms with van der Waals surface area (Å²) in [6, 6.07) is 2.40. The summed E-state index contributed by atoms with van der Waals surface area (Å²) >= 11 is 0. The van der Waals surface area contributed by atoms with E-state index < -0.39 is 0 Å². The molecule has 16 heavy (non-hydrogen) atoms. The van der Waals surface area contributed by atoms with E-state index in [1.54, 1.807) is 22.3 Å². The van der Waals surface area contributed by atoms with Crippen LogP contribution in [0.1, 0.15) is 42.0 Å². The molecule has 0 saturated heterocycles. The van der Waals surface area contributed by atoms with Crippen molar-refractivity contribution in [1.29, 1.82) is 0 Å². The topological polar surface area (TPSA) is 0 Å². The summed E-state index contributed by atoms with van der Waals surface area (Å²) in [5.41, 5.74) is 6.53. The maximum Gasteiger partial charge on any atom is 4.00 e. The maximum atomic E-state index is 2.40. The predicted octanol–water partition coefficient (Wildman–Crippen LogP) is 4.50. The van der Waals surface area contributed by atoms with Gasteiger partial charge in [0.05, 0.1) is 0 Å². The van der Waals surface area contributed by atoms with Crippen LogP contribution in [0.25, 0.3) is 0 Å². The van der Waals surface area contributed by atoms with E-state index in [9.17, 15) is 0 Å². The molecule has 1 aromatic carbocycles. The fraction of sp³-hybridized carbons (Fsp3) is 0.467. The Morgan fingerprint density at radius 2 is 1.69 bits per heavy atom. The van der Waals surface area contributed by atoms with Crippen molar-refractivity contribution in [3.63, 3.8) is 0 Å². The Balaban J connectivity index is -0.000000422. The van der Waals surface area contributed by atoms with Crippen LogP contribution in [0.5, 0.6) is 0 Å². The van der Waals surface area contributed by atoms with Crippen molar-refractivity contribution < 1.29 is 21.7 Å². The molecule has 0 heterocycles. The van der Waals surface area contributed by atoms with E-state index in [1.807, 2.05) is 0 Å². The largest absolute Gasteiger partial charge is 4.00 e. The van der Waals surface area contributed by atoms with Gasteiger partial charge in [-0.3, -0.25) is 0 Å². The first-order chi connectivity index (χ1) is 5.83. The SMILES string of the molecule is CC[c-]1cc(C)c2c1CCCC2.[CH3-].[CH3-].[CH3-].[Ti+4]. The third-order valence-electron chi connectivity index (χ3n) is 3.10. The summed E-state index contributed by atoms with van der Waals surface area (Å²) in [5, 5.41) is 0. The Labute approximate surface area is 118 Å². The molecule has 0 bridgehead atoms. The van der Waals surface area contributed by atoms with Crippen molar-refractivity contribution >= 4 is 0 Å². The summed E-state index contributed by atoms with van der Waals surface area (Å²) in [6.45, 7) is 4.53. The van der Waals surface area contributed by atoms with Crippen molar-refractivity contribution in [2.45, 2.75) is 46.0 Å². The number of rotatable bonds is 1. The molecule has 1 aliphatic carbocycles. The van der Waals surface area contributed by atoms with Gasteiger partial charge in [-0.15, -0.1) is 0 Å². The molecule has 1 aromatic rings. The molecule has 2 rings (SSSR count). The Hall–Kier alpha value is 0.0643. The van der Waals surface area contributed by atoms with E-state index >= 15 is 0 Å². The zero-order valence-corrected chi connectivity index (χ0v) is 13.2. The van der Waals surface area contributed by atoms with Crippen molar-refractivity contribution in [3.8, 4) is 0 Å². The van der Waals surface area contributed by atoms with Crippen LogP contribution >= 0.6 is 0 Å². The van der Waals surface area contributed by atoms with E-state index in [1.165, 1.54) is 32.1 Å². The molecule has 0 saturated carbocycles. The molecule has 0 atom stereocenters. The molecule has 0 radical (unpaired) electrons. The monoisotopic (exact) mass is 254 g/mol. The number of aryl methyl sites for hydroxylation is 2. The minimum absolute atomic E-state index is 0. The molecule has 0 unspecified atom stereocenters. The zero-order valence-electron chi connectivity index (χ0n) is 11.6. The van der Waals surface area contributed by atoms with Crippen LogP contribution in [0.15, 0.2) is 6.07 Å². The quantitative estimate of drug-likeness (QED) is 0.511. The summed E-state index contributed by atoms with van der Waals surface area (Å²) in [7, 11) is 0. The zero-order chi connectivity index (χ0) is 8.55. The Bertz CT molecular complexity index is 284. The van der Waals surface area contributed by atoms with E-state index in [2.05, 4.69) is 19.9 Å². The Morgan fingerprint density at radius 3 is 2.25 bits per heavy atom. The van der Waals surface area contributed by atoms with Gasteiger partial charge in [0, 0.05) is 0 Å². The Morgan fingerprint density at radius 1 is 1.12 bits per heavy atom. The summed E-state index contributed by atoms with van der Waals surface area (Å²) in [4.78, 5) is 0. The van der Waals surface area contributed by atoms with E-state index in [0.29, 0.717) is 0 Å². The van der Waals surface area contributed by atoms with Gasteiger partial charge >= 0.3 is 21.7 Å². The van der Waals surface area contributed by atoms with Gasteiger partial charge in [0.15, 0.2) is 0 Å². The van der Waals surface area contributed by atoms with Crippen LogP contribution in [0.4, 0.5) is 0 Å². The number of hydrogen-bond acceptors (Lipinski definition) is 0. The minimum atomic E-state index is 0. The van der Waals surface area contributed by atoms with Gasteiger partial charge in [-0.05, 0) is 0 Å². The molecule has 0 nitrogen and oxygen atoms in total. The standard InChI is InChI=1S/C12H17.3CH3.Ti/c1-3-10-8-9(2)11-6-4-5-7-12(10)11;;;;/h8H,3-7H2,1-2H3;3*1H3;/q4*-1;+4. The molecule has 0 amide bonds. The van der Waals surface area contributed by atoms with Gasteiger partial charge in [-0.2, -0.15) is 28.3 Å². The molecule has 0 fully saturated rings. The predicted molar refractivity (Wildman–Crippen MR) is 72.0 cm³/mol. The fourth-order valence-electron chi connectivity index (χ4n) is 2.45.